The van der Waals surface area contributed by atoms with E-state index in [9.17, 15) is 9.59 Å². The average Bonchev–Trinajstić information content (AvgIpc) is 3.26. The predicted octanol–water partition coefficient (Wildman–Crippen LogP) is 3.93. The number of amides is 2. The minimum absolute atomic E-state index is 0.0324. The summed E-state index contributed by atoms with van der Waals surface area (Å²) < 4.78 is 5.21. The van der Waals surface area contributed by atoms with E-state index in [2.05, 4.69) is 20.8 Å². The first-order chi connectivity index (χ1) is 12.9. The predicted molar refractivity (Wildman–Crippen MR) is 108 cm³/mol. The number of hydrogen-bond donors (Lipinski definition) is 2. The van der Waals surface area contributed by atoms with Gasteiger partial charge < -0.3 is 15.1 Å². The molecule has 2 N–H and O–H groups in total. The zero-order chi connectivity index (χ0) is 19.4. The second-order valence-corrected chi connectivity index (χ2v) is 7.58. The molecule has 2 heterocycles. The molecule has 1 aromatic heterocycles. The molecule has 0 radical (unpaired) electrons. The third kappa shape index (κ3) is 5.12. The van der Waals surface area contributed by atoms with Crippen molar-refractivity contribution in [2.45, 2.75) is 18.6 Å². The zero-order valence-corrected chi connectivity index (χ0v) is 16.4. The summed E-state index contributed by atoms with van der Waals surface area (Å²) in [6, 6.07) is 8.25. The van der Waals surface area contributed by atoms with Crippen molar-refractivity contribution < 1.29 is 14.0 Å². The van der Waals surface area contributed by atoms with Crippen LogP contribution in [0.4, 0.5) is 5.69 Å². The van der Waals surface area contributed by atoms with Gasteiger partial charge in [-0.3, -0.25) is 9.59 Å². The molecule has 0 aliphatic carbocycles. The molecular formula is C17H14Cl2N4O3S. The number of furan rings is 1. The lowest BCUT2D eigenvalue weighted by molar-refractivity contribution is -0.122. The van der Waals surface area contributed by atoms with Gasteiger partial charge in [0.05, 0.1) is 17.0 Å². The molecule has 1 aromatic carbocycles. The van der Waals surface area contributed by atoms with Crippen molar-refractivity contribution in [1.82, 2.24) is 5.32 Å². The number of carbonyl (C=O) groups is 2. The molecule has 1 fully saturated rings. The Morgan fingerprint density at radius 2 is 2.19 bits per heavy atom. The van der Waals surface area contributed by atoms with Crippen LogP contribution in [-0.2, 0) is 9.59 Å². The molecule has 27 heavy (non-hydrogen) atoms. The third-order valence-corrected chi connectivity index (χ3v) is 5.14. The largest absolute Gasteiger partial charge is 0.463 e. The molecule has 2 aromatic rings. The van der Waals surface area contributed by atoms with E-state index in [1.807, 2.05) is 0 Å². The molecule has 2 amide bonds. The van der Waals surface area contributed by atoms with Crippen LogP contribution in [0.15, 0.2) is 51.2 Å². The van der Waals surface area contributed by atoms with Crippen molar-refractivity contribution >= 4 is 63.3 Å². The molecule has 0 spiro atoms. The van der Waals surface area contributed by atoms with Gasteiger partial charge in [0.1, 0.15) is 16.7 Å². The normalized spacial score (nSPS) is 18.6. The van der Waals surface area contributed by atoms with Crippen LogP contribution in [-0.4, -0.2) is 27.9 Å². The van der Waals surface area contributed by atoms with Crippen LogP contribution in [0.3, 0.4) is 0 Å². The Bertz CT molecular complexity index is 928. The lowest BCUT2D eigenvalue weighted by Crippen LogP contribution is -2.28. The van der Waals surface area contributed by atoms with Gasteiger partial charge in [0.25, 0.3) is 0 Å². The Kier molecular flexibility index (Phi) is 6.20. The highest BCUT2D eigenvalue weighted by Gasteiger charge is 2.32. The Balaban J connectivity index is 1.59. The fraction of sp³-hybridized carbons (Fsp3) is 0.176. The average molecular weight is 425 g/mol. The molecule has 1 saturated heterocycles. The molecule has 10 heteroatoms. The molecule has 1 aliphatic rings. The van der Waals surface area contributed by atoms with Crippen LogP contribution < -0.4 is 10.6 Å². The minimum Gasteiger partial charge on any atom is -0.463 e. The SMILES string of the molecule is C/C(=N\N=C1\NC(=O)C(CC(=O)Nc2ccc(Cl)cc2Cl)S1)c1ccco1. The first-order valence-corrected chi connectivity index (χ1v) is 9.44. The monoisotopic (exact) mass is 424 g/mol. The van der Waals surface area contributed by atoms with Crippen LogP contribution in [0.1, 0.15) is 19.1 Å². The summed E-state index contributed by atoms with van der Waals surface area (Å²) in [5.74, 6) is -0.0604. The summed E-state index contributed by atoms with van der Waals surface area (Å²) >= 11 is 13.0. The number of rotatable bonds is 5. The number of carbonyl (C=O) groups excluding carboxylic acids is 2. The van der Waals surface area contributed by atoms with Gasteiger partial charge in [-0.25, -0.2) is 0 Å². The first-order valence-electron chi connectivity index (χ1n) is 7.81. The first kappa shape index (κ1) is 19.5. The van der Waals surface area contributed by atoms with E-state index in [4.69, 9.17) is 27.6 Å². The maximum absolute atomic E-state index is 12.2. The van der Waals surface area contributed by atoms with Crippen LogP contribution in [0.2, 0.25) is 10.0 Å². The molecule has 0 saturated carbocycles. The Morgan fingerprint density at radius 1 is 1.37 bits per heavy atom. The van der Waals surface area contributed by atoms with E-state index in [0.717, 1.165) is 11.8 Å². The molecule has 140 valence electrons. The van der Waals surface area contributed by atoms with Gasteiger partial charge >= 0.3 is 0 Å². The van der Waals surface area contributed by atoms with Crippen LogP contribution in [0, 0.1) is 0 Å². The van der Waals surface area contributed by atoms with Crippen molar-refractivity contribution in [2.75, 3.05) is 5.32 Å². The minimum atomic E-state index is -0.603. The van der Waals surface area contributed by atoms with Gasteiger partial charge in [0.15, 0.2) is 5.17 Å². The van der Waals surface area contributed by atoms with Gasteiger partial charge in [-0.2, -0.15) is 0 Å². The summed E-state index contributed by atoms with van der Waals surface area (Å²) in [5, 5.41) is 13.8. The topological polar surface area (TPSA) is 96.1 Å². The number of halogens is 2. The number of nitrogens with one attached hydrogen (secondary N) is 2. The Morgan fingerprint density at radius 3 is 2.89 bits per heavy atom. The fourth-order valence-corrected chi connectivity index (χ4v) is 3.57. The second-order valence-electron chi connectivity index (χ2n) is 5.54. The van der Waals surface area contributed by atoms with Gasteiger partial charge in [-0.1, -0.05) is 35.0 Å². The third-order valence-electron chi connectivity index (χ3n) is 3.52. The highest BCUT2D eigenvalue weighted by atomic mass is 35.5. The van der Waals surface area contributed by atoms with Gasteiger partial charge in [-0.15, -0.1) is 10.2 Å². The summed E-state index contributed by atoms with van der Waals surface area (Å²) in [4.78, 5) is 24.3. The van der Waals surface area contributed by atoms with Crippen molar-refractivity contribution in [3.8, 4) is 0 Å². The standard InChI is InChI=1S/C17H14Cl2N4O3S/c1-9(13-3-2-6-26-13)22-23-17-21-16(25)14(27-17)8-15(24)20-12-5-4-10(18)7-11(12)19/h2-7,14H,8H2,1H3,(H,20,24)(H,21,23,25)/b22-9+. The maximum atomic E-state index is 12.2. The number of nitrogens with zero attached hydrogens (tertiary/aromatic N) is 2. The van der Waals surface area contributed by atoms with Crippen LogP contribution in [0.25, 0.3) is 0 Å². The number of benzene rings is 1. The van der Waals surface area contributed by atoms with Crippen molar-refractivity contribution in [2.24, 2.45) is 10.2 Å². The molecule has 1 unspecified atom stereocenters. The van der Waals surface area contributed by atoms with E-state index < -0.39 is 5.25 Å². The number of anilines is 1. The number of hydrogen-bond acceptors (Lipinski definition) is 6. The van der Waals surface area contributed by atoms with Crippen LogP contribution >= 0.6 is 35.0 Å². The van der Waals surface area contributed by atoms with E-state index in [1.54, 1.807) is 31.2 Å². The maximum Gasteiger partial charge on any atom is 0.240 e. The van der Waals surface area contributed by atoms with Gasteiger partial charge in [0.2, 0.25) is 11.8 Å². The molecule has 1 atom stereocenters. The van der Waals surface area contributed by atoms with E-state index in [-0.39, 0.29) is 18.2 Å². The number of amidine groups is 1. The van der Waals surface area contributed by atoms with E-state index in [1.165, 1.54) is 12.3 Å². The van der Waals surface area contributed by atoms with Crippen molar-refractivity contribution in [3.05, 3.63) is 52.4 Å². The molecule has 0 bridgehead atoms. The van der Waals surface area contributed by atoms with Crippen molar-refractivity contribution in [1.29, 1.82) is 0 Å². The highest BCUT2D eigenvalue weighted by Crippen LogP contribution is 2.27. The summed E-state index contributed by atoms with van der Waals surface area (Å²) in [7, 11) is 0. The highest BCUT2D eigenvalue weighted by molar-refractivity contribution is 8.15. The Hall–Kier alpha value is -2.29. The van der Waals surface area contributed by atoms with E-state index in [0.29, 0.717) is 32.4 Å². The quantitative estimate of drug-likeness (QED) is 0.561. The Labute approximate surface area is 169 Å². The van der Waals surface area contributed by atoms with Crippen LogP contribution in [0.5, 0.6) is 0 Å². The van der Waals surface area contributed by atoms with Crippen molar-refractivity contribution in [3.63, 3.8) is 0 Å². The summed E-state index contributed by atoms with van der Waals surface area (Å²) in [5.41, 5.74) is 1.00. The molecule has 7 nitrogen and oxygen atoms in total. The molecular weight excluding hydrogens is 411 g/mol. The lowest BCUT2D eigenvalue weighted by Gasteiger charge is -2.09. The lowest BCUT2D eigenvalue weighted by atomic mass is 10.2. The smallest absolute Gasteiger partial charge is 0.240 e. The zero-order valence-electron chi connectivity index (χ0n) is 14.0. The fourth-order valence-electron chi connectivity index (χ4n) is 2.20. The number of thioether (sulfide) groups is 1. The second kappa shape index (κ2) is 8.60. The van der Waals surface area contributed by atoms with Gasteiger partial charge in [0, 0.05) is 11.4 Å². The van der Waals surface area contributed by atoms with E-state index >= 15 is 0 Å². The molecule has 3 rings (SSSR count). The summed E-state index contributed by atoms with van der Waals surface area (Å²) in [6.45, 7) is 1.74. The van der Waals surface area contributed by atoms with Gasteiger partial charge in [-0.05, 0) is 37.3 Å². The summed E-state index contributed by atoms with van der Waals surface area (Å²) in [6.07, 6.45) is 1.50. The molecule has 1 aliphatic heterocycles.